The molecule has 0 amide bonds. The summed E-state index contributed by atoms with van der Waals surface area (Å²) in [7, 11) is 1.55. The summed E-state index contributed by atoms with van der Waals surface area (Å²) in [5.74, 6) is 0.432. The normalized spacial score (nSPS) is 20.3. The summed E-state index contributed by atoms with van der Waals surface area (Å²) in [4.78, 5) is 25.1. The van der Waals surface area contributed by atoms with Crippen molar-refractivity contribution in [2.75, 3.05) is 20.3 Å². The number of hydrogen-bond acceptors (Lipinski definition) is 5. The molecule has 0 radical (unpaired) electrons. The van der Waals surface area contributed by atoms with Gasteiger partial charge in [0.25, 0.3) is 0 Å². The predicted molar refractivity (Wildman–Crippen MR) is 126 cm³/mol. The molecule has 1 aliphatic rings. The minimum atomic E-state index is -0.982. The van der Waals surface area contributed by atoms with E-state index in [4.69, 9.17) is 14.6 Å². The van der Waals surface area contributed by atoms with Crippen molar-refractivity contribution < 1.29 is 29.3 Å². The van der Waals surface area contributed by atoms with E-state index in [1.54, 1.807) is 25.3 Å². The van der Waals surface area contributed by atoms with Crippen molar-refractivity contribution in [3.05, 3.63) is 59.2 Å². The molecule has 2 aromatic rings. The average Bonchev–Trinajstić information content (AvgIpc) is 2.81. The molecule has 0 atom stereocenters. The SMILES string of the molecule is COc1ccc(C(=O)CC2(C(=O)O)CCC(C)CC2)cc1OCCc1cccc(CCO)c1. The van der Waals surface area contributed by atoms with Gasteiger partial charge in [-0.05, 0) is 67.3 Å². The van der Waals surface area contributed by atoms with Gasteiger partial charge in [-0.25, -0.2) is 0 Å². The van der Waals surface area contributed by atoms with Crippen LogP contribution in [0.3, 0.4) is 0 Å². The standard InChI is InChI=1S/C27H34O6/c1-19-8-12-27(13-9-19,26(30)31)18-23(29)22-6-7-24(32-2)25(17-22)33-15-11-21-5-3-4-20(16-21)10-14-28/h3-7,16-17,19,28H,8-15,18H2,1-2H3,(H,30,31). The summed E-state index contributed by atoms with van der Waals surface area (Å²) < 4.78 is 11.4. The maximum atomic E-state index is 13.1. The van der Waals surface area contributed by atoms with Crippen LogP contribution >= 0.6 is 0 Å². The number of methoxy groups -OCH3 is 1. The van der Waals surface area contributed by atoms with Crippen LogP contribution in [0.5, 0.6) is 11.5 Å². The summed E-state index contributed by atoms with van der Waals surface area (Å²) in [5, 5.41) is 19.0. The van der Waals surface area contributed by atoms with E-state index < -0.39 is 11.4 Å². The van der Waals surface area contributed by atoms with Crippen LogP contribution in [-0.2, 0) is 17.6 Å². The van der Waals surface area contributed by atoms with Gasteiger partial charge in [0, 0.05) is 25.0 Å². The number of Topliss-reactive ketones (excluding diaryl/α,β-unsaturated/α-hetero) is 1. The third-order valence-corrected chi connectivity index (χ3v) is 6.71. The summed E-state index contributed by atoms with van der Waals surface area (Å²) >= 11 is 0. The molecule has 2 aromatic carbocycles. The maximum absolute atomic E-state index is 13.1. The Kier molecular flexibility index (Phi) is 8.50. The van der Waals surface area contributed by atoms with Crippen LogP contribution in [-0.4, -0.2) is 42.3 Å². The molecular formula is C27H34O6. The number of carbonyl (C=O) groups is 2. The minimum absolute atomic E-state index is 0.00152. The molecule has 6 nitrogen and oxygen atoms in total. The number of aliphatic carboxylic acids is 1. The Hall–Kier alpha value is -2.86. The Bertz CT molecular complexity index is 959. The molecule has 0 spiro atoms. The molecule has 0 heterocycles. The Morgan fingerprint density at radius 2 is 1.73 bits per heavy atom. The lowest BCUT2D eigenvalue weighted by Crippen LogP contribution is -2.37. The van der Waals surface area contributed by atoms with E-state index in [9.17, 15) is 14.7 Å². The lowest BCUT2D eigenvalue weighted by atomic mass is 9.68. The Morgan fingerprint density at radius 3 is 2.36 bits per heavy atom. The number of carboxylic acid groups (broad SMARTS) is 1. The number of benzene rings is 2. The van der Waals surface area contributed by atoms with E-state index >= 15 is 0 Å². The molecule has 1 saturated carbocycles. The second-order valence-corrected chi connectivity index (χ2v) is 9.13. The van der Waals surface area contributed by atoms with Crippen molar-refractivity contribution in [2.45, 2.75) is 51.9 Å². The molecule has 1 fully saturated rings. The van der Waals surface area contributed by atoms with Crippen molar-refractivity contribution in [3.63, 3.8) is 0 Å². The van der Waals surface area contributed by atoms with E-state index in [1.165, 1.54) is 0 Å². The summed E-state index contributed by atoms with van der Waals surface area (Å²) in [6, 6.07) is 13.0. The smallest absolute Gasteiger partial charge is 0.310 e. The number of carboxylic acids is 1. The van der Waals surface area contributed by atoms with Crippen LogP contribution in [0.4, 0.5) is 0 Å². The number of rotatable bonds is 11. The fourth-order valence-corrected chi connectivity index (χ4v) is 4.50. The zero-order chi connectivity index (χ0) is 23.8. The van der Waals surface area contributed by atoms with Crippen molar-refractivity contribution in [3.8, 4) is 11.5 Å². The zero-order valence-corrected chi connectivity index (χ0v) is 19.5. The van der Waals surface area contributed by atoms with Crippen molar-refractivity contribution in [2.24, 2.45) is 11.3 Å². The fourth-order valence-electron chi connectivity index (χ4n) is 4.50. The molecule has 0 unspecified atom stereocenters. The predicted octanol–water partition coefficient (Wildman–Crippen LogP) is 4.71. The average molecular weight is 455 g/mol. The molecule has 1 aliphatic carbocycles. The van der Waals surface area contributed by atoms with Crippen molar-refractivity contribution >= 4 is 11.8 Å². The molecule has 33 heavy (non-hydrogen) atoms. The van der Waals surface area contributed by atoms with Crippen LogP contribution in [0, 0.1) is 11.3 Å². The first-order chi connectivity index (χ1) is 15.9. The molecule has 6 heteroatoms. The monoisotopic (exact) mass is 454 g/mol. The third kappa shape index (κ3) is 6.35. The van der Waals surface area contributed by atoms with Crippen LogP contribution in [0.15, 0.2) is 42.5 Å². The van der Waals surface area contributed by atoms with Gasteiger partial charge in [0.15, 0.2) is 17.3 Å². The molecule has 2 N–H and O–H groups in total. The molecule has 0 aromatic heterocycles. The lowest BCUT2D eigenvalue weighted by Gasteiger charge is -2.35. The highest BCUT2D eigenvalue weighted by Crippen LogP contribution is 2.43. The molecule has 0 saturated heterocycles. The van der Waals surface area contributed by atoms with E-state index in [0.717, 1.165) is 24.0 Å². The molecule has 0 bridgehead atoms. The summed E-state index contributed by atoms with van der Waals surface area (Å²) in [6.45, 7) is 2.64. The van der Waals surface area contributed by atoms with Gasteiger partial charge in [0.2, 0.25) is 0 Å². The van der Waals surface area contributed by atoms with Crippen LogP contribution in [0.2, 0.25) is 0 Å². The van der Waals surface area contributed by atoms with Gasteiger partial charge in [-0.15, -0.1) is 0 Å². The number of aliphatic hydroxyl groups excluding tert-OH is 1. The summed E-state index contributed by atoms with van der Waals surface area (Å²) in [5.41, 5.74) is 1.63. The minimum Gasteiger partial charge on any atom is -0.493 e. The van der Waals surface area contributed by atoms with E-state index in [0.29, 0.717) is 55.3 Å². The summed E-state index contributed by atoms with van der Waals surface area (Å²) in [6.07, 6.45) is 4.00. The Labute approximate surface area is 195 Å². The number of aliphatic hydroxyl groups is 1. The lowest BCUT2D eigenvalue weighted by molar-refractivity contribution is -0.151. The number of carbonyl (C=O) groups excluding carboxylic acids is 1. The second kappa shape index (κ2) is 11.3. The van der Waals surface area contributed by atoms with Gasteiger partial charge in [0.1, 0.15) is 0 Å². The highest BCUT2D eigenvalue weighted by atomic mass is 16.5. The van der Waals surface area contributed by atoms with Gasteiger partial charge >= 0.3 is 5.97 Å². The van der Waals surface area contributed by atoms with Gasteiger partial charge in [-0.3, -0.25) is 9.59 Å². The first-order valence-corrected chi connectivity index (χ1v) is 11.6. The topological polar surface area (TPSA) is 93.1 Å². The largest absolute Gasteiger partial charge is 0.493 e. The van der Waals surface area contributed by atoms with Gasteiger partial charge < -0.3 is 19.7 Å². The Balaban J connectivity index is 1.69. The van der Waals surface area contributed by atoms with Gasteiger partial charge in [-0.2, -0.15) is 0 Å². The first kappa shape index (κ1) is 24.8. The first-order valence-electron chi connectivity index (χ1n) is 11.6. The van der Waals surface area contributed by atoms with Crippen LogP contribution in [0.25, 0.3) is 0 Å². The van der Waals surface area contributed by atoms with Gasteiger partial charge in [-0.1, -0.05) is 31.2 Å². The van der Waals surface area contributed by atoms with E-state index in [-0.39, 0.29) is 18.8 Å². The number of ketones is 1. The van der Waals surface area contributed by atoms with Crippen molar-refractivity contribution in [1.29, 1.82) is 0 Å². The second-order valence-electron chi connectivity index (χ2n) is 9.13. The van der Waals surface area contributed by atoms with E-state index in [1.807, 2.05) is 24.3 Å². The molecule has 3 rings (SSSR count). The van der Waals surface area contributed by atoms with Gasteiger partial charge in [0.05, 0.1) is 19.1 Å². The van der Waals surface area contributed by atoms with Crippen LogP contribution < -0.4 is 9.47 Å². The fraction of sp³-hybridized carbons (Fsp3) is 0.481. The van der Waals surface area contributed by atoms with E-state index in [2.05, 4.69) is 6.92 Å². The maximum Gasteiger partial charge on any atom is 0.310 e. The molecule has 178 valence electrons. The van der Waals surface area contributed by atoms with Crippen LogP contribution in [0.1, 0.15) is 60.5 Å². The quantitative estimate of drug-likeness (QED) is 0.478. The third-order valence-electron chi connectivity index (χ3n) is 6.71. The number of hydrogen-bond donors (Lipinski definition) is 2. The Morgan fingerprint density at radius 1 is 1.03 bits per heavy atom. The van der Waals surface area contributed by atoms with Crippen molar-refractivity contribution in [1.82, 2.24) is 0 Å². The number of ether oxygens (including phenoxy) is 2. The molecular weight excluding hydrogens is 420 g/mol. The molecule has 0 aliphatic heterocycles. The highest BCUT2D eigenvalue weighted by Gasteiger charge is 2.43. The zero-order valence-electron chi connectivity index (χ0n) is 19.5. The highest BCUT2D eigenvalue weighted by molar-refractivity contribution is 5.99.